The molecule has 136 valence electrons. The summed E-state index contributed by atoms with van der Waals surface area (Å²) in [6.45, 7) is 3.65. The van der Waals surface area contributed by atoms with Crippen LogP contribution < -0.4 is 10.2 Å². The summed E-state index contributed by atoms with van der Waals surface area (Å²) in [6, 6.07) is 6.61. The van der Waals surface area contributed by atoms with E-state index in [4.69, 9.17) is 0 Å². The van der Waals surface area contributed by atoms with Gasteiger partial charge in [0.1, 0.15) is 11.6 Å². The fourth-order valence-corrected chi connectivity index (χ4v) is 3.34. The number of benzene rings is 1. The van der Waals surface area contributed by atoms with Gasteiger partial charge in [-0.15, -0.1) is 0 Å². The smallest absolute Gasteiger partial charge is 0.322 e. The molecule has 0 radical (unpaired) electrons. The maximum atomic E-state index is 14.0. The molecule has 1 saturated carbocycles. The zero-order chi connectivity index (χ0) is 18.1. The van der Waals surface area contributed by atoms with Gasteiger partial charge in [0.25, 0.3) is 0 Å². The third kappa shape index (κ3) is 3.47. The number of hydrogen-bond donors (Lipinski definition) is 1. The van der Waals surface area contributed by atoms with Gasteiger partial charge in [0, 0.05) is 31.6 Å². The molecule has 2 aliphatic rings. The summed E-state index contributed by atoms with van der Waals surface area (Å²) in [5.41, 5.74) is 1.19. The van der Waals surface area contributed by atoms with Gasteiger partial charge in [-0.25, -0.2) is 19.2 Å². The van der Waals surface area contributed by atoms with Crippen molar-refractivity contribution in [2.45, 2.75) is 31.7 Å². The predicted octanol–water partition coefficient (Wildman–Crippen LogP) is 3.24. The first kappa shape index (κ1) is 16.8. The first-order chi connectivity index (χ1) is 12.6. The van der Waals surface area contributed by atoms with E-state index in [9.17, 15) is 9.18 Å². The maximum absolute atomic E-state index is 14.0. The minimum Gasteiger partial charge on any atom is -0.363 e. The lowest BCUT2D eigenvalue weighted by molar-refractivity contribution is 0.200. The number of urea groups is 1. The third-order valence-electron chi connectivity index (χ3n) is 4.94. The number of amides is 2. The van der Waals surface area contributed by atoms with Crippen LogP contribution in [0.1, 0.15) is 31.5 Å². The number of halogens is 1. The number of carbonyl (C=O) groups is 1. The Kier molecular flexibility index (Phi) is 4.44. The van der Waals surface area contributed by atoms with E-state index in [-0.39, 0.29) is 17.9 Å². The first-order valence-corrected chi connectivity index (χ1v) is 9.01. The van der Waals surface area contributed by atoms with E-state index in [1.807, 2.05) is 17.9 Å². The van der Waals surface area contributed by atoms with Crippen LogP contribution in [0.5, 0.6) is 0 Å². The lowest BCUT2D eigenvalue weighted by Gasteiger charge is -2.41. The molecule has 1 saturated heterocycles. The maximum Gasteiger partial charge on any atom is 0.322 e. The lowest BCUT2D eigenvalue weighted by Crippen LogP contribution is -2.55. The number of nitrogens with one attached hydrogen (secondary N) is 1. The Bertz CT molecular complexity index is 793. The van der Waals surface area contributed by atoms with Gasteiger partial charge in [-0.3, -0.25) is 0 Å². The second kappa shape index (κ2) is 6.90. The number of para-hydroxylation sites is 1. The summed E-state index contributed by atoms with van der Waals surface area (Å²) in [5.74, 6) is 1.12. The van der Waals surface area contributed by atoms with Crippen molar-refractivity contribution in [1.29, 1.82) is 0 Å². The Labute approximate surface area is 152 Å². The molecule has 4 rings (SSSR count). The normalized spacial score (nSPS) is 20.2. The number of carbonyl (C=O) groups excluding carboxylic acids is 1. The molecule has 6 nitrogen and oxygen atoms in total. The quantitative estimate of drug-likeness (QED) is 0.918. The Balaban J connectivity index is 1.37. The van der Waals surface area contributed by atoms with Crippen LogP contribution in [0.15, 0.2) is 36.7 Å². The van der Waals surface area contributed by atoms with Gasteiger partial charge in [0.05, 0.1) is 23.8 Å². The van der Waals surface area contributed by atoms with E-state index < -0.39 is 0 Å². The van der Waals surface area contributed by atoms with Gasteiger partial charge in [-0.1, -0.05) is 12.1 Å². The number of rotatable bonds is 3. The number of nitrogens with zero attached hydrogens (tertiary/aromatic N) is 4. The Morgan fingerprint density at radius 2 is 1.92 bits per heavy atom. The summed E-state index contributed by atoms with van der Waals surface area (Å²) < 4.78 is 14.0. The van der Waals surface area contributed by atoms with Crippen molar-refractivity contribution in [2.24, 2.45) is 0 Å². The first-order valence-electron chi connectivity index (χ1n) is 9.01. The second-order valence-corrected chi connectivity index (χ2v) is 6.97. The van der Waals surface area contributed by atoms with Crippen LogP contribution in [-0.2, 0) is 0 Å². The zero-order valence-corrected chi connectivity index (χ0v) is 14.7. The molecule has 0 spiro atoms. The molecule has 1 aromatic carbocycles. The number of hydrogen-bond acceptors (Lipinski definition) is 4. The fourth-order valence-electron chi connectivity index (χ4n) is 3.34. The van der Waals surface area contributed by atoms with Gasteiger partial charge in [-0.2, -0.15) is 0 Å². The fraction of sp³-hybridized carbons (Fsp3) is 0.421. The van der Waals surface area contributed by atoms with Crippen LogP contribution in [0.25, 0.3) is 0 Å². The zero-order valence-electron chi connectivity index (χ0n) is 14.7. The molecule has 1 aromatic heterocycles. The van der Waals surface area contributed by atoms with E-state index in [1.54, 1.807) is 29.4 Å². The second-order valence-electron chi connectivity index (χ2n) is 6.97. The van der Waals surface area contributed by atoms with Crippen molar-refractivity contribution in [1.82, 2.24) is 14.9 Å². The average Bonchev–Trinajstić information content (AvgIpc) is 3.48. The largest absolute Gasteiger partial charge is 0.363 e. The topological polar surface area (TPSA) is 61.4 Å². The molecule has 2 amide bonds. The molecule has 2 heterocycles. The van der Waals surface area contributed by atoms with Crippen molar-refractivity contribution in [3.05, 3.63) is 48.3 Å². The summed E-state index contributed by atoms with van der Waals surface area (Å²) in [6.07, 6.45) is 5.63. The van der Waals surface area contributed by atoms with Crippen LogP contribution in [0.4, 0.5) is 20.6 Å². The molecular weight excluding hydrogens is 333 g/mol. The Morgan fingerprint density at radius 3 is 2.58 bits per heavy atom. The minimum absolute atomic E-state index is 0.0277. The van der Waals surface area contributed by atoms with Gasteiger partial charge >= 0.3 is 6.03 Å². The van der Waals surface area contributed by atoms with Gasteiger partial charge < -0.3 is 15.1 Å². The van der Waals surface area contributed by atoms with Crippen LogP contribution >= 0.6 is 0 Å². The highest BCUT2D eigenvalue weighted by Gasteiger charge is 2.29. The molecule has 1 aliphatic heterocycles. The molecule has 26 heavy (non-hydrogen) atoms. The van der Waals surface area contributed by atoms with Crippen molar-refractivity contribution < 1.29 is 9.18 Å². The van der Waals surface area contributed by atoms with Crippen LogP contribution in [0.2, 0.25) is 0 Å². The molecule has 0 bridgehead atoms. The van der Waals surface area contributed by atoms with Gasteiger partial charge in [0.2, 0.25) is 0 Å². The van der Waals surface area contributed by atoms with E-state index in [2.05, 4.69) is 15.3 Å². The standard InChI is InChI=1S/C19H22FN5O/c1-13-12-24(8-9-25(13)17-5-3-2-4-16(17)20)19(26)23-15-10-21-18(22-11-15)14-6-7-14/h2-5,10-11,13-14H,6-9,12H2,1H3,(H,23,26). The Hall–Kier alpha value is -2.70. The van der Waals surface area contributed by atoms with Crippen LogP contribution in [0, 0.1) is 5.82 Å². The number of piperazine rings is 1. The number of anilines is 2. The van der Waals surface area contributed by atoms with Crippen LogP contribution in [-0.4, -0.2) is 46.6 Å². The van der Waals surface area contributed by atoms with Crippen molar-refractivity contribution in [2.75, 3.05) is 29.9 Å². The summed E-state index contributed by atoms with van der Waals surface area (Å²) in [5, 5.41) is 2.85. The molecule has 1 aliphatic carbocycles. The monoisotopic (exact) mass is 355 g/mol. The summed E-state index contributed by atoms with van der Waals surface area (Å²) in [7, 11) is 0. The molecule has 1 atom stereocenters. The SMILES string of the molecule is CC1CN(C(=O)Nc2cnc(C3CC3)nc2)CCN1c1ccccc1F. The molecule has 7 heteroatoms. The highest BCUT2D eigenvalue weighted by Crippen LogP contribution is 2.37. The van der Waals surface area contributed by atoms with Crippen molar-refractivity contribution in [3.63, 3.8) is 0 Å². The van der Waals surface area contributed by atoms with E-state index in [0.29, 0.717) is 36.9 Å². The van der Waals surface area contributed by atoms with Crippen molar-refractivity contribution >= 4 is 17.4 Å². The van der Waals surface area contributed by atoms with E-state index >= 15 is 0 Å². The molecule has 1 unspecified atom stereocenters. The molecular formula is C19H22FN5O. The van der Waals surface area contributed by atoms with E-state index in [1.165, 1.54) is 6.07 Å². The summed E-state index contributed by atoms with van der Waals surface area (Å²) >= 11 is 0. The highest BCUT2D eigenvalue weighted by atomic mass is 19.1. The average molecular weight is 355 g/mol. The molecule has 1 N–H and O–H groups in total. The van der Waals surface area contributed by atoms with Gasteiger partial charge in [-0.05, 0) is 31.9 Å². The van der Waals surface area contributed by atoms with E-state index in [0.717, 1.165) is 18.7 Å². The lowest BCUT2D eigenvalue weighted by atomic mass is 10.1. The predicted molar refractivity (Wildman–Crippen MR) is 97.8 cm³/mol. The third-order valence-corrected chi connectivity index (χ3v) is 4.94. The molecule has 2 fully saturated rings. The highest BCUT2D eigenvalue weighted by molar-refractivity contribution is 5.89. The Morgan fingerprint density at radius 1 is 1.19 bits per heavy atom. The number of aromatic nitrogens is 2. The van der Waals surface area contributed by atoms with Crippen molar-refractivity contribution in [3.8, 4) is 0 Å². The van der Waals surface area contributed by atoms with Gasteiger partial charge in [0.15, 0.2) is 0 Å². The van der Waals surface area contributed by atoms with Crippen LogP contribution in [0.3, 0.4) is 0 Å². The molecule has 2 aromatic rings. The minimum atomic E-state index is -0.231. The summed E-state index contributed by atoms with van der Waals surface area (Å²) in [4.78, 5) is 24.9.